The summed E-state index contributed by atoms with van der Waals surface area (Å²) in [4.78, 5) is 11.2. The fourth-order valence-corrected chi connectivity index (χ4v) is 3.46. The third kappa shape index (κ3) is 7.53. The van der Waals surface area contributed by atoms with Crippen LogP contribution >= 0.6 is 0 Å². The Morgan fingerprint density at radius 3 is 2.09 bits per heavy atom. The van der Waals surface area contributed by atoms with Crippen molar-refractivity contribution in [3.05, 3.63) is 12.2 Å². The van der Waals surface area contributed by atoms with Crippen LogP contribution < -0.4 is 0 Å². The van der Waals surface area contributed by atoms with Gasteiger partial charge in [0, 0.05) is 6.08 Å². The van der Waals surface area contributed by atoms with E-state index in [1.54, 1.807) is 6.92 Å². The molecule has 0 saturated heterocycles. The van der Waals surface area contributed by atoms with Gasteiger partial charge in [0.15, 0.2) is 8.32 Å². The first-order chi connectivity index (χ1) is 9.69. The van der Waals surface area contributed by atoms with Gasteiger partial charge in [-0.3, -0.25) is 4.18 Å². The molecule has 0 rings (SSSR count). The lowest BCUT2D eigenvalue weighted by atomic mass is 10.2. The molecule has 0 bridgehead atoms. The van der Waals surface area contributed by atoms with E-state index in [1.807, 2.05) is 0 Å². The molecule has 0 heterocycles. The third-order valence-corrected chi connectivity index (χ3v) is 8.80. The molecule has 0 amide bonds. The summed E-state index contributed by atoms with van der Waals surface area (Å²) in [5, 5.41) is -0.0248. The molecule has 0 saturated carbocycles. The van der Waals surface area contributed by atoms with Gasteiger partial charge in [0.1, 0.15) is 6.10 Å². The Balaban J connectivity index is 5.25. The van der Waals surface area contributed by atoms with E-state index in [0.29, 0.717) is 0 Å². The third-order valence-electron chi connectivity index (χ3n) is 3.66. The van der Waals surface area contributed by atoms with Gasteiger partial charge in [-0.25, -0.2) is 4.79 Å². The van der Waals surface area contributed by atoms with Crippen LogP contribution in [0.3, 0.4) is 0 Å². The maximum atomic E-state index is 11.4. The summed E-state index contributed by atoms with van der Waals surface area (Å²) >= 11 is 0. The molecule has 0 spiro atoms. The Morgan fingerprint density at radius 1 is 1.23 bits per heavy atom. The fraction of sp³-hybridized carbons (Fsp3) is 0.786. The predicted octanol–water partition coefficient (Wildman–Crippen LogP) is 2.47. The monoisotopic (exact) mass is 352 g/mol. The highest BCUT2D eigenvalue weighted by molar-refractivity contribution is 7.86. The molecule has 0 aliphatic heterocycles. The van der Waals surface area contributed by atoms with Crippen molar-refractivity contribution in [2.75, 3.05) is 13.4 Å². The van der Waals surface area contributed by atoms with E-state index in [0.717, 1.165) is 12.3 Å². The van der Waals surface area contributed by atoms with Crippen molar-refractivity contribution in [2.24, 2.45) is 0 Å². The first-order valence-electron chi connectivity index (χ1n) is 7.02. The summed E-state index contributed by atoms with van der Waals surface area (Å²) < 4.78 is 38.5. The number of esters is 1. The smallest absolute Gasteiger partial charge is 0.330 e. The van der Waals surface area contributed by atoms with Crippen molar-refractivity contribution in [3.8, 4) is 0 Å². The molecule has 0 aliphatic rings. The van der Waals surface area contributed by atoms with Crippen molar-refractivity contribution in [1.29, 1.82) is 0 Å². The second kappa shape index (κ2) is 7.72. The zero-order valence-electron chi connectivity index (χ0n) is 14.7. The number of hydrogen-bond acceptors (Lipinski definition) is 6. The molecule has 2 atom stereocenters. The summed E-state index contributed by atoms with van der Waals surface area (Å²) in [6.07, 6.45) is 2.05. The van der Waals surface area contributed by atoms with Gasteiger partial charge < -0.3 is 9.16 Å². The normalized spacial score (nSPS) is 16.5. The molecule has 0 aromatic heterocycles. The van der Waals surface area contributed by atoms with Crippen molar-refractivity contribution < 1.29 is 26.6 Å². The molecular formula is C14H28O6SSi. The molecule has 0 aromatic rings. The number of ether oxygens (including phenoxy) is 1. The minimum atomic E-state index is -3.68. The molecule has 0 aliphatic carbocycles. The van der Waals surface area contributed by atoms with Crippen molar-refractivity contribution in [2.45, 2.75) is 58.0 Å². The highest BCUT2D eigenvalue weighted by Gasteiger charge is 2.40. The molecule has 0 fully saturated rings. The molecular weight excluding hydrogens is 324 g/mol. The van der Waals surface area contributed by atoms with Crippen molar-refractivity contribution in [1.82, 2.24) is 0 Å². The van der Waals surface area contributed by atoms with Crippen molar-refractivity contribution >= 4 is 24.4 Å². The van der Waals surface area contributed by atoms with E-state index in [4.69, 9.17) is 8.61 Å². The standard InChI is InChI=1S/C14H28O6SSi/c1-11(20-22(7,8)14(2,3)4)12(19-21(6,16)17)9-10-13(15)18-5/h9-12H,1-8H3/b10-9+. The minimum absolute atomic E-state index is 0.0248. The summed E-state index contributed by atoms with van der Waals surface area (Å²) in [6.45, 7) is 12.1. The van der Waals surface area contributed by atoms with Gasteiger partial charge in [-0.15, -0.1) is 0 Å². The molecule has 8 heteroatoms. The minimum Gasteiger partial charge on any atom is -0.466 e. The van der Waals surface area contributed by atoms with E-state index < -0.39 is 36.6 Å². The van der Waals surface area contributed by atoms with Gasteiger partial charge in [-0.05, 0) is 31.1 Å². The van der Waals surface area contributed by atoms with Crippen LogP contribution in [0.2, 0.25) is 18.1 Å². The van der Waals surface area contributed by atoms with Crippen LogP contribution in [0.5, 0.6) is 0 Å². The summed E-state index contributed by atoms with van der Waals surface area (Å²) in [5.41, 5.74) is 0. The Kier molecular flexibility index (Phi) is 7.47. The molecule has 0 radical (unpaired) electrons. The zero-order chi connectivity index (χ0) is 17.8. The van der Waals surface area contributed by atoms with Crippen LogP contribution in [0.4, 0.5) is 0 Å². The number of rotatable bonds is 7. The maximum Gasteiger partial charge on any atom is 0.330 e. The molecule has 130 valence electrons. The topological polar surface area (TPSA) is 78.9 Å². The van der Waals surface area contributed by atoms with Crippen LogP contribution in [0, 0.1) is 0 Å². The first-order valence-corrected chi connectivity index (χ1v) is 11.7. The number of methoxy groups -OCH3 is 1. The molecule has 0 aromatic carbocycles. The fourth-order valence-electron chi connectivity index (χ4n) is 1.42. The van der Waals surface area contributed by atoms with E-state index in [-0.39, 0.29) is 5.04 Å². The van der Waals surface area contributed by atoms with E-state index >= 15 is 0 Å². The second-order valence-electron chi connectivity index (χ2n) is 6.73. The molecule has 0 N–H and O–H groups in total. The largest absolute Gasteiger partial charge is 0.466 e. The highest BCUT2D eigenvalue weighted by atomic mass is 32.2. The number of hydrogen-bond donors (Lipinski definition) is 0. The average Bonchev–Trinajstić information content (AvgIpc) is 2.30. The lowest BCUT2D eigenvalue weighted by Crippen LogP contribution is -2.46. The lowest BCUT2D eigenvalue weighted by Gasteiger charge is -2.39. The Labute approximate surface area is 135 Å². The first kappa shape index (κ1) is 21.3. The van der Waals surface area contributed by atoms with Gasteiger partial charge in [-0.1, -0.05) is 20.8 Å². The Hall–Kier alpha value is -0.703. The number of carbonyl (C=O) groups excluding carboxylic acids is 1. The van der Waals surface area contributed by atoms with Crippen LogP contribution in [-0.2, 0) is 28.3 Å². The predicted molar refractivity (Wildman–Crippen MR) is 88.6 cm³/mol. The van der Waals surface area contributed by atoms with Gasteiger partial charge >= 0.3 is 5.97 Å². The van der Waals surface area contributed by atoms with E-state index in [1.165, 1.54) is 13.2 Å². The maximum absolute atomic E-state index is 11.4. The lowest BCUT2D eigenvalue weighted by molar-refractivity contribution is -0.134. The van der Waals surface area contributed by atoms with Crippen molar-refractivity contribution in [3.63, 3.8) is 0 Å². The summed E-state index contributed by atoms with van der Waals surface area (Å²) in [7, 11) is -4.53. The van der Waals surface area contributed by atoms with Crippen LogP contribution in [-0.4, -0.2) is 48.3 Å². The quantitative estimate of drug-likeness (QED) is 0.303. The summed E-state index contributed by atoms with van der Waals surface area (Å²) in [6, 6.07) is 0. The molecule has 2 unspecified atom stereocenters. The van der Waals surface area contributed by atoms with Crippen LogP contribution in [0.15, 0.2) is 12.2 Å². The zero-order valence-corrected chi connectivity index (χ0v) is 16.5. The van der Waals surface area contributed by atoms with Gasteiger partial charge in [0.25, 0.3) is 10.1 Å². The van der Waals surface area contributed by atoms with Gasteiger partial charge in [0.2, 0.25) is 0 Å². The molecule has 6 nitrogen and oxygen atoms in total. The van der Waals surface area contributed by atoms with Gasteiger partial charge in [0.05, 0.1) is 19.5 Å². The second-order valence-corrected chi connectivity index (χ2v) is 13.1. The number of carbonyl (C=O) groups is 1. The van der Waals surface area contributed by atoms with E-state index in [2.05, 4.69) is 38.6 Å². The average molecular weight is 353 g/mol. The summed E-state index contributed by atoms with van der Waals surface area (Å²) in [5.74, 6) is -0.582. The van der Waals surface area contributed by atoms with Crippen LogP contribution in [0.25, 0.3) is 0 Å². The SMILES string of the molecule is COC(=O)/C=C/C(OS(C)(=O)=O)C(C)O[Si](C)(C)C(C)(C)C. The van der Waals surface area contributed by atoms with E-state index in [9.17, 15) is 13.2 Å². The Bertz CT molecular complexity index is 504. The highest BCUT2D eigenvalue weighted by Crippen LogP contribution is 2.37. The van der Waals surface area contributed by atoms with Crippen LogP contribution in [0.1, 0.15) is 27.7 Å². The van der Waals surface area contributed by atoms with Gasteiger partial charge in [-0.2, -0.15) is 8.42 Å². The molecule has 22 heavy (non-hydrogen) atoms. The Morgan fingerprint density at radius 2 is 1.73 bits per heavy atom.